The summed E-state index contributed by atoms with van der Waals surface area (Å²) < 4.78 is 22.7. The minimum absolute atomic E-state index is 0.0237. The number of hydrogen-bond acceptors (Lipinski definition) is 6. The first-order valence-electron chi connectivity index (χ1n) is 6.41. The number of esters is 1. The van der Waals surface area contributed by atoms with Gasteiger partial charge in [0.1, 0.15) is 22.0 Å². The summed E-state index contributed by atoms with van der Waals surface area (Å²) in [6.45, 7) is 3.13. The molecule has 0 aliphatic heterocycles. The molecule has 0 saturated heterocycles. The molecule has 0 atom stereocenters. The van der Waals surface area contributed by atoms with Crippen LogP contribution in [-0.4, -0.2) is 17.7 Å². The molecule has 0 amide bonds. The lowest BCUT2D eigenvalue weighted by atomic mass is 10.2. The molecule has 0 aliphatic carbocycles. The molecule has 0 aliphatic rings. The maximum atomic E-state index is 12.9. The maximum absolute atomic E-state index is 12.9. The Labute approximate surface area is 129 Å². The van der Waals surface area contributed by atoms with Gasteiger partial charge in [-0.1, -0.05) is 11.8 Å². The van der Waals surface area contributed by atoms with Crippen molar-refractivity contribution < 1.29 is 23.4 Å². The van der Waals surface area contributed by atoms with Crippen molar-refractivity contribution in [3.05, 3.63) is 51.8 Å². The molecule has 0 radical (unpaired) electrons. The highest BCUT2D eigenvalue weighted by Crippen LogP contribution is 2.35. The number of ether oxygens (including phenoxy) is 1. The zero-order valence-electron chi connectivity index (χ0n) is 11.9. The van der Waals surface area contributed by atoms with Crippen LogP contribution in [0, 0.1) is 12.7 Å². The van der Waals surface area contributed by atoms with Gasteiger partial charge in [-0.05, 0) is 38.1 Å². The van der Waals surface area contributed by atoms with E-state index in [1.54, 1.807) is 6.92 Å². The Kier molecular flexibility index (Phi) is 4.87. The van der Waals surface area contributed by atoms with E-state index in [9.17, 15) is 19.1 Å². The molecule has 22 heavy (non-hydrogen) atoms. The minimum atomic E-state index is -0.780. The molecule has 0 fully saturated rings. The third kappa shape index (κ3) is 3.30. The molecule has 7 heteroatoms. The van der Waals surface area contributed by atoms with Gasteiger partial charge in [-0.2, -0.15) is 0 Å². The van der Waals surface area contributed by atoms with Crippen LogP contribution in [0.15, 0.2) is 43.3 Å². The van der Waals surface area contributed by atoms with Crippen LogP contribution in [0.3, 0.4) is 0 Å². The highest BCUT2D eigenvalue weighted by Gasteiger charge is 2.24. The number of rotatable bonds is 4. The Balaban J connectivity index is 2.47. The van der Waals surface area contributed by atoms with Gasteiger partial charge in [-0.3, -0.25) is 0 Å². The van der Waals surface area contributed by atoms with E-state index in [1.807, 2.05) is 0 Å². The van der Waals surface area contributed by atoms with Crippen molar-refractivity contribution in [3.63, 3.8) is 0 Å². The largest absolute Gasteiger partial charge is 0.505 e. The standard InChI is InChI=1S/C15H13FO5S/c1-3-20-14(18)11-8(2)21-15(19)13(12(11)17)22-10-6-4-9(16)5-7-10/h4-7,17H,3H2,1-2H3. The highest BCUT2D eigenvalue weighted by molar-refractivity contribution is 7.99. The highest BCUT2D eigenvalue weighted by atomic mass is 32.2. The van der Waals surface area contributed by atoms with Gasteiger partial charge in [0.2, 0.25) is 0 Å². The Morgan fingerprint density at radius 1 is 1.36 bits per heavy atom. The summed E-state index contributed by atoms with van der Waals surface area (Å²) in [5.41, 5.74) is -0.969. The van der Waals surface area contributed by atoms with Gasteiger partial charge in [0.05, 0.1) is 6.61 Å². The second-order valence-electron chi connectivity index (χ2n) is 4.27. The van der Waals surface area contributed by atoms with E-state index in [-0.39, 0.29) is 22.8 Å². The molecule has 1 heterocycles. The molecule has 1 aromatic carbocycles. The lowest BCUT2D eigenvalue weighted by Crippen LogP contribution is -2.13. The summed E-state index contributed by atoms with van der Waals surface area (Å²) in [6, 6.07) is 5.34. The molecule has 1 N–H and O–H groups in total. The number of aryl methyl sites for hydroxylation is 1. The second kappa shape index (κ2) is 6.65. The van der Waals surface area contributed by atoms with Gasteiger partial charge < -0.3 is 14.3 Å². The summed E-state index contributed by atoms with van der Waals surface area (Å²) in [5.74, 6) is -1.72. The summed E-state index contributed by atoms with van der Waals surface area (Å²) >= 11 is 0.877. The van der Waals surface area contributed by atoms with E-state index in [2.05, 4.69) is 0 Å². The number of aromatic hydroxyl groups is 1. The first-order valence-corrected chi connectivity index (χ1v) is 7.23. The second-order valence-corrected chi connectivity index (χ2v) is 5.36. The molecule has 0 bridgehead atoms. The molecule has 0 unspecified atom stereocenters. The van der Waals surface area contributed by atoms with Crippen LogP contribution in [0.2, 0.25) is 0 Å². The van der Waals surface area contributed by atoms with Crippen LogP contribution in [0.5, 0.6) is 5.75 Å². The van der Waals surface area contributed by atoms with Crippen LogP contribution >= 0.6 is 11.8 Å². The van der Waals surface area contributed by atoms with Gasteiger partial charge in [0.15, 0.2) is 5.75 Å². The van der Waals surface area contributed by atoms with Crippen molar-refractivity contribution in [2.75, 3.05) is 6.61 Å². The lowest BCUT2D eigenvalue weighted by molar-refractivity contribution is 0.0517. The predicted octanol–water partition coefficient (Wildman–Crippen LogP) is 3.12. The zero-order chi connectivity index (χ0) is 16.3. The maximum Gasteiger partial charge on any atom is 0.353 e. The smallest absolute Gasteiger partial charge is 0.353 e. The normalized spacial score (nSPS) is 10.5. The molecule has 0 spiro atoms. The fourth-order valence-electron chi connectivity index (χ4n) is 1.77. The average molecular weight is 324 g/mol. The van der Waals surface area contributed by atoms with E-state index < -0.39 is 23.2 Å². The average Bonchev–Trinajstić information content (AvgIpc) is 2.45. The first-order chi connectivity index (χ1) is 10.4. The van der Waals surface area contributed by atoms with E-state index in [4.69, 9.17) is 9.15 Å². The summed E-state index contributed by atoms with van der Waals surface area (Å²) in [5, 5.41) is 10.2. The van der Waals surface area contributed by atoms with Crippen molar-refractivity contribution in [2.45, 2.75) is 23.6 Å². The first kappa shape index (κ1) is 16.1. The van der Waals surface area contributed by atoms with Crippen molar-refractivity contribution >= 4 is 17.7 Å². The molecule has 0 saturated carbocycles. The Bertz CT molecular complexity index is 752. The van der Waals surface area contributed by atoms with E-state index in [1.165, 1.54) is 31.2 Å². The zero-order valence-corrected chi connectivity index (χ0v) is 12.7. The minimum Gasteiger partial charge on any atom is -0.505 e. The fraction of sp³-hybridized carbons (Fsp3) is 0.200. The monoisotopic (exact) mass is 324 g/mol. The van der Waals surface area contributed by atoms with Gasteiger partial charge in [0.25, 0.3) is 0 Å². The Morgan fingerprint density at radius 3 is 2.59 bits per heavy atom. The van der Waals surface area contributed by atoms with Crippen LogP contribution in [0.25, 0.3) is 0 Å². The van der Waals surface area contributed by atoms with Crippen LogP contribution < -0.4 is 5.63 Å². The third-order valence-corrected chi connectivity index (χ3v) is 3.82. The molecule has 116 valence electrons. The fourth-order valence-corrected chi connectivity index (χ4v) is 2.60. The number of carbonyl (C=O) groups is 1. The van der Waals surface area contributed by atoms with E-state index >= 15 is 0 Å². The summed E-state index contributed by atoms with van der Waals surface area (Å²) in [4.78, 5) is 24.1. The van der Waals surface area contributed by atoms with E-state index in [0.29, 0.717) is 4.90 Å². The van der Waals surface area contributed by atoms with Crippen molar-refractivity contribution in [1.82, 2.24) is 0 Å². The summed E-state index contributed by atoms with van der Waals surface area (Å²) in [6.07, 6.45) is 0. The van der Waals surface area contributed by atoms with Crippen LogP contribution in [-0.2, 0) is 4.74 Å². The number of benzene rings is 1. The van der Waals surface area contributed by atoms with Gasteiger partial charge >= 0.3 is 11.6 Å². The molecule has 2 rings (SSSR count). The summed E-state index contributed by atoms with van der Waals surface area (Å²) in [7, 11) is 0. The van der Waals surface area contributed by atoms with Crippen LogP contribution in [0.4, 0.5) is 4.39 Å². The van der Waals surface area contributed by atoms with Gasteiger partial charge in [-0.25, -0.2) is 14.0 Å². The third-order valence-electron chi connectivity index (χ3n) is 2.75. The molecular formula is C15H13FO5S. The molecule has 5 nitrogen and oxygen atoms in total. The number of carbonyl (C=O) groups excluding carboxylic acids is 1. The van der Waals surface area contributed by atoms with Gasteiger partial charge in [0, 0.05) is 4.90 Å². The SMILES string of the molecule is CCOC(=O)c1c(C)oc(=O)c(Sc2ccc(F)cc2)c1O. The molecule has 1 aromatic heterocycles. The van der Waals surface area contributed by atoms with Crippen molar-refractivity contribution in [2.24, 2.45) is 0 Å². The van der Waals surface area contributed by atoms with Crippen molar-refractivity contribution in [3.8, 4) is 5.75 Å². The predicted molar refractivity (Wildman–Crippen MR) is 77.9 cm³/mol. The molecular weight excluding hydrogens is 311 g/mol. The quantitative estimate of drug-likeness (QED) is 0.871. The Morgan fingerprint density at radius 2 is 2.00 bits per heavy atom. The topological polar surface area (TPSA) is 76.7 Å². The lowest BCUT2D eigenvalue weighted by Gasteiger charge is -2.09. The molecule has 2 aromatic rings. The number of hydrogen-bond donors (Lipinski definition) is 1. The van der Waals surface area contributed by atoms with E-state index in [0.717, 1.165) is 11.8 Å². The number of halogens is 1. The Hall–Kier alpha value is -2.28. The van der Waals surface area contributed by atoms with Gasteiger partial charge in [-0.15, -0.1) is 0 Å². The van der Waals surface area contributed by atoms with Crippen LogP contribution in [0.1, 0.15) is 23.0 Å². The van der Waals surface area contributed by atoms with Crippen molar-refractivity contribution in [1.29, 1.82) is 0 Å².